The normalized spacial score (nSPS) is 12.4. The van der Waals surface area contributed by atoms with E-state index < -0.39 is 12.0 Å². The summed E-state index contributed by atoms with van der Waals surface area (Å²) in [7, 11) is 1.69. The third-order valence-corrected chi connectivity index (χ3v) is 2.57. The van der Waals surface area contributed by atoms with E-state index in [-0.39, 0.29) is 0 Å². The fourth-order valence-corrected chi connectivity index (χ4v) is 1.65. The average molecular weight is 231 g/mol. The van der Waals surface area contributed by atoms with Crippen LogP contribution >= 0.6 is 0 Å². The van der Waals surface area contributed by atoms with Crippen molar-refractivity contribution in [2.24, 2.45) is 12.8 Å². The standard InChI is InChI=1S/C12H13N3O2/c1-15-10(11(13)12(16)17)7-9(14-15)8-5-3-2-4-6-8/h2-7,11H,13H2,1H3,(H,16,17). The topological polar surface area (TPSA) is 81.1 Å². The van der Waals surface area contributed by atoms with Crippen LogP contribution in [0.5, 0.6) is 0 Å². The third kappa shape index (κ3) is 2.19. The van der Waals surface area contributed by atoms with Crippen molar-refractivity contribution in [2.45, 2.75) is 6.04 Å². The molecule has 1 aromatic heterocycles. The van der Waals surface area contributed by atoms with Crippen LogP contribution in [0.3, 0.4) is 0 Å². The number of aliphatic carboxylic acids is 1. The van der Waals surface area contributed by atoms with Gasteiger partial charge in [0, 0.05) is 12.6 Å². The number of aromatic nitrogens is 2. The fourth-order valence-electron chi connectivity index (χ4n) is 1.65. The number of carboxylic acids is 1. The van der Waals surface area contributed by atoms with Gasteiger partial charge in [-0.3, -0.25) is 9.48 Å². The van der Waals surface area contributed by atoms with Gasteiger partial charge in [0.05, 0.1) is 11.4 Å². The molecule has 88 valence electrons. The second-order valence-electron chi connectivity index (χ2n) is 3.76. The van der Waals surface area contributed by atoms with Crippen LogP contribution in [-0.2, 0) is 11.8 Å². The quantitative estimate of drug-likeness (QED) is 0.830. The maximum absolute atomic E-state index is 10.8. The molecule has 1 aromatic carbocycles. The second kappa shape index (κ2) is 4.39. The van der Waals surface area contributed by atoms with Crippen LogP contribution in [0.4, 0.5) is 0 Å². The number of benzene rings is 1. The lowest BCUT2D eigenvalue weighted by atomic mass is 10.1. The van der Waals surface area contributed by atoms with Gasteiger partial charge in [-0.15, -0.1) is 0 Å². The lowest BCUT2D eigenvalue weighted by molar-refractivity contribution is -0.138. The number of carboxylic acid groups (broad SMARTS) is 1. The lowest BCUT2D eigenvalue weighted by Gasteiger charge is -2.05. The summed E-state index contributed by atoms with van der Waals surface area (Å²) < 4.78 is 1.50. The minimum Gasteiger partial charge on any atom is -0.480 e. The van der Waals surface area contributed by atoms with Gasteiger partial charge >= 0.3 is 5.97 Å². The van der Waals surface area contributed by atoms with E-state index in [1.54, 1.807) is 13.1 Å². The summed E-state index contributed by atoms with van der Waals surface area (Å²) in [5, 5.41) is 13.1. The number of nitrogens with zero attached hydrogens (tertiary/aromatic N) is 2. The van der Waals surface area contributed by atoms with Crippen LogP contribution < -0.4 is 5.73 Å². The van der Waals surface area contributed by atoms with Gasteiger partial charge in [-0.05, 0) is 6.07 Å². The molecule has 1 heterocycles. The van der Waals surface area contributed by atoms with Gasteiger partial charge in [0.15, 0.2) is 0 Å². The highest BCUT2D eigenvalue weighted by Gasteiger charge is 2.19. The molecule has 0 aliphatic heterocycles. The molecule has 2 aromatic rings. The zero-order valence-electron chi connectivity index (χ0n) is 9.37. The first-order valence-corrected chi connectivity index (χ1v) is 5.17. The summed E-state index contributed by atoms with van der Waals surface area (Å²) in [6.45, 7) is 0. The molecule has 3 N–H and O–H groups in total. The Morgan fingerprint density at radius 2 is 2.06 bits per heavy atom. The van der Waals surface area contributed by atoms with Crippen molar-refractivity contribution in [2.75, 3.05) is 0 Å². The zero-order valence-corrected chi connectivity index (χ0v) is 9.37. The molecule has 1 atom stereocenters. The Kier molecular flexibility index (Phi) is 2.93. The van der Waals surface area contributed by atoms with Gasteiger partial charge in [0.2, 0.25) is 0 Å². The summed E-state index contributed by atoms with van der Waals surface area (Å²) in [5.74, 6) is -1.06. The molecule has 0 bridgehead atoms. The van der Waals surface area contributed by atoms with Crippen LogP contribution in [0.1, 0.15) is 11.7 Å². The van der Waals surface area contributed by atoms with Crippen LogP contribution in [0.2, 0.25) is 0 Å². The molecule has 5 heteroatoms. The molecular formula is C12H13N3O2. The van der Waals surface area contributed by atoms with Crippen molar-refractivity contribution < 1.29 is 9.90 Å². The summed E-state index contributed by atoms with van der Waals surface area (Å²) in [6, 6.07) is 10.2. The molecule has 5 nitrogen and oxygen atoms in total. The molecule has 0 aliphatic carbocycles. The smallest absolute Gasteiger partial charge is 0.326 e. The number of carbonyl (C=O) groups is 1. The minimum atomic E-state index is -1.06. The number of hydrogen-bond acceptors (Lipinski definition) is 3. The number of hydrogen-bond donors (Lipinski definition) is 2. The average Bonchev–Trinajstić information content (AvgIpc) is 2.71. The summed E-state index contributed by atoms with van der Waals surface area (Å²) in [4.78, 5) is 10.8. The second-order valence-corrected chi connectivity index (χ2v) is 3.76. The summed E-state index contributed by atoms with van der Waals surface area (Å²) in [6.07, 6.45) is 0. The highest BCUT2D eigenvalue weighted by Crippen LogP contribution is 2.21. The Bertz CT molecular complexity index is 534. The predicted octanol–water partition coefficient (Wildman–Crippen LogP) is 1.17. The van der Waals surface area contributed by atoms with Gasteiger partial charge in [-0.1, -0.05) is 30.3 Å². The van der Waals surface area contributed by atoms with E-state index in [0.717, 1.165) is 11.3 Å². The SMILES string of the molecule is Cn1nc(-c2ccccc2)cc1C(N)C(=O)O. The Morgan fingerprint density at radius 3 is 2.65 bits per heavy atom. The Balaban J connectivity index is 2.41. The molecule has 0 saturated heterocycles. The van der Waals surface area contributed by atoms with Crippen molar-refractivity contribution in [1.82, 2.24) is 9.78 Å². The molecule has 0 fully saturated rings. The van der Waals surface area contributed by atoms with E-state index in [1.807, 2.05) is 30.3 Å². The molecule has 17 heavy (non-hydrogen) atoms. The van der Waals surface area contributed by atoms with Crippen molar-refractivity contribution in [3.63, 3.8) is 0 Å². The van der Waals surface area contributed by atoms with Crippen LogP contribution in [-0.4, -0.2) is 20.9 Å². The number of aryl methyl sites for hydroxylation is 1. The van der Waals surface area contributed by atoms with Gasteiger partial charge in [0.1, 0.15) is 6.04 Å². The predicted molar refractivity (Wildman–Crippen MR) is 63.2 cm³/mol. The molecular weight excluding hydrogens is 218 g/mol. The summed E-state index contributed by atoms with van der Waals surface area (Å²) in [5.41, 5.74) is 7.71. The Hall–Kier alpha value is -2.14. The highest BCUT2D eigenvalue weighted by atomic mass is 16.4. The molecule has 0 spiro atoms. The Morgan fingerprint density at radius 1 is 1.41 bits per heavy atom. The largest absolute Gasteiger partial charge is 0.480 e. The first-order valence-electron chi connectivity index (χ1n) is 5.17. The first-order chi connectivity index (χ1) is 8.09. The first kappa shape index (κ1) is 11.3. The molecule has 2 rings (SSSR count). The van der Waals surface area contributed by atoms with Gasteiger partial charge < -0.3 is 10.8 Å². The van der Waals surface area contributed by atoms with Crippen molar-refractivity contribution >= 4 is 5.97 Å². The maximum Gasteiger partial charge on any atom is 0.326 e. The Labute approximate surface area is 98.5 Å². The van der Waals surface area contributed by atoms with Gasteiger partial charge in [-0.2, -0.15) is 5.10 Å². The minimum absolute atomic E-state index is 0.483. The molecule has 0 aliphatic rings. The van der Waals surface area contributed by atoms with Crippen LogP contribution in [0.25, 0.3) is 11.3 Å². The van der Waals surface area contributed by atoms with Crippen molar-refractivity contribution in [3.05, 3.63) is 42.1 Å². The van der Waals surface area contributed by atoms with E-state index in [4.69, 9.17) is 10.8 Å². The van der Waals surface area contributed by atoms with Gasteiger partial charge in [0.25, 0.3) is 0 Å². The molecule has 0 radical (unpaired) electrons. The highest BCUT2D eigenvalue weighted by molar-refractivity contribution is 5.75. The van der Waals surface area contributed by atoms with Gasteiger partial charge in [-0.25, -0.2) is 0 Å². The van der Waals surface area contributed by atoms with Crippen molar-refractivity contribution in [3.8, 4) is 11.3 Å². The maximum atomic E-state index is 10.8. The van der Waals surface area contributed by atoms with E-state index in [0.29, 0.717) is 5.69 Å². The van der Waals surface area contributed by atoms with Crippen LogP contribution in [0.15, 0.2) is 36.4 Å². The van der Waals surface area contributed by atoms with Crippen LogP contribution in [0, 0.1) is 0 Å². The lowest BCUT2D eigenvalue weighted by Crippen LogP contribution is -2.23. The summed E-state index contributed by atoms with van der Waals surface area (Å²) >= 11 is 0. The molecule has 0 amide bonds. The zero-order chi connectivity index (χ0) is 12.4. The number of rotatable bonds is 3. The molecule has 1 unspecified atom stereocenters. The van der Waals surface area contributed by atoms with E-state index >= 15 is 0 Å². The molecule has 0 saturated carbocycles. The third-order valence-electron chi connectivity index (χ3n) is 2.57. The van der Waals surface area contributed by atoms with E-state index in [1.165, 1.54) is 4.68 Å². The van der Waals surface area contributed by atoms with Crippen molar-refractivity contribution in [1.29, 1.82) is 0 Å². The van der Waals surface area contributed by atoms with E-state index in [9.17, 15) is 4.79 Å². The number of nitrogens with two attached hydrogens (primary N) is 1. The fraction of sp³-hybridized carbons (Fsp3) is 0.167. The van der Waals surface area contributed by atoms with E-state index in [2.05, 4.69) is 5.10 Å². The monoisotopic (exact) mass is 231 g/mol.